The minimum Gasteiger partial charge on any atom is -0.387 e. The zero-order valence-corrected chi connectivity index (χ0v) is 11.1. The summed E-state index contributed by atoms with van der Waals surface area (Å²) in [6.07, 6.45) is 1.90. The second kappa shape index (κ2) is 6.88. The van der Waals surface area contributed by atoms with E-state index in [4.69, 9.17) is 4.74 Å². The Morgan fingerprint density at radius 3 is 2.61 bits per heavy atom. The number of hydrogen-bond donors (Lipinski definition) is 1. The Kier molecular flexibility index (Phi) is 5.17. The van der Waals surface area contributed by atoms with Crippen LogP contribution < -0.4 is 0 Å². The Balaban J connectivity index is 1.78. The van der Waals surface area contributed by atoms with Gasteiger partial charge < -0.3 is 14.7 Å². The smallest absolute Gasteiger partial charge is 0.0916 e. The Hall–Kier alpha value is -0.900. The first-order valence-corrected chi connectivity index (χ1v) is 6.75. The molecule has 1 aromatic carbocycles. The van der Waals surface area contributed by atoms with E-state index in [1.807, 2.05) is 30.3 Å². The minimum absolute atomic E-state index is 0.393. The summed E-state index contributed by atoms with van der Waals surface area (Å²) in [5.74, 6) is 0.715. The molecule has 0 unspecified atom stereocenters. The molecule has 100 valence electrons. The predicted molar refractivity (Wildman–Crippen MR) is 72.4 cm³/mol. The van der Waals surface area contributed by atoms with E-state index < -0.39 is 6.10 Å². The molecular formula is C15H23NO2. The highest BCUT2D eigenvalue weighted by molar-refractivity contribution is 5.17. The van der Waals surface area contributed by atoms with Gasteiger partial charge >= 0.3 is 0 Å². The van der Waals surface area contributed by atoms with E-state index in [-0.39, 0.29) is 0 Å². The van der Waals surface area contributed by atoms with Crippen LogP contribution in [0.2, 0.25) is 0 Å². The number of rotatable bonds is 5. The average molecular weight is 249 g/mol. The lowest BCUT2D eigenvalue weighted by atomic mass is 9.99. The van der Waals surface area contributed by atoms with Gasteiger partial charge in [-0.25, -0.2) is 0 Å². The van der Waals surface area contributed by atoms with Gasteiger partial charge in [0.1, 0.15) is 0 Å². The van der Waals surface area contributed by atoms with Crippen LogP contribution in [-0.2, 0) is 4.74 Å². The fraction of sp³-hybridized carbons (Fsp3) is 0.600. The summed E-state index contributed by atoms with van der Waals surface area (Å²) < 4.78 is 5.36. The fourth-order valence-corrected chi connectivity index (χ4v) is 2.52. The van der Waals surface area contributed by atoms with E-state index in [2.05, 4.69) is 11.9 Å². The van der Waals surface area contributed by atoms with Crippen LogP contribution in [0.1, 0.15) is 24.5 Å². The number of ether oxygens (including phenoxy) is 1. The largest absolute Gasteiger partial charge is 0.387 e. The van der Waals surface area contributed by atoms with Crippen molar-refractivity contribution in [2.75, 3.05) is 33.4 Å². The molecule has 1 fully saturated rings. The average Bonchev–Trinajstić information content (AvgIpc) is 2.40. The molecule has 0 spiro atoms. The molecule has 1 N–H and O–H groups in total. The summed E-state index contributed by atoms with van der Waals surface area (Å²) >= 11 is 0. The van der Waals surface area contributed by atoms with Gasteiger partial charge in [-0.15, -0.1) is 0 Å². The topological polar surface area (TPSA) is 32.7 Å². The number of benzene rings is 1. The van der Waals surface area contributed by atoms with Crippen LogP contribution >= 0.6 is 0 Å². The lowest BCUT2D eigenvalue weighted by Gasteiger charge is -2.28. The standard InChI is InChI=1S/C15H23NO2/c1-16(11-13-7-9-18-10-8-13)12-15(17)14-5-3-2-4-6-14/h2-6,13,15,17H,7-12H2,1H3/t15-/m1/s1. The van der Waals surface area contributed by atoms with Crippen LogP contribution in [0.4, 0.5) is 0 Å². The highest BCUT2D eigenvalue weighted by Crippen LogP contribution is 2.18. The quantitative estimate of drug-likeness (QED) is 0.867. The highest BCUT2D eigenvalue weighted by Gasteiger charge is 2.17. The Labute approximate surface area is 109 Å². The minimum atomic E-state index is -0.393. The third-order valence-corrected chi connectivity index (χ3v) is 3.58. The maximum atomic E-state index is 10.2. The first kappa shape index (κ1) is 13.5. The van der Waals surface area contributed by atoms with Crippen molar-refractivity contribution in [3.8, 4) is 0 Å². The second-order valence-corrected chi connectivity index (χ2v) is 5.20. The molecule has 0 aliphatic carbocycles. The van der Waals surface area contributed by atoms with Crippen LogP contribution in [0, 0.1) is 5.92 Å². The maximum absolute atomic E-state index is 10.2. The number of nitrogens with zero attached hydrogens (tertiary/aromatic N) is 1. The Bertz CT molecular complexity index is 336. The lowest BCUT2D eigenvalue weighted by molar-refractivity contribution is 0.0478. The molecule has 1 aliphatic rings. The highest BCUT2D eigenvalue weighted by atomic mass is 16.5. The first-order chi connectivity index (χ1) is 8.75. The van der Waals surface area contributed by atoms with Gasteiger partial charge in [0.25, 0.3) is 0 Å². The van der Waals surface area contributed by atoms with Gasteiger partial charge in [0.2, 0.25) is 0 Å². The van der Waals surface area contributed by atoms with Crippen LogP contribution in [0.15, 0.2) is 30.3 Å². The fourth-order valence-electron chi connectivity index (χ4n) is 2.52. The molecule has 3 heteroatoms. The number of likely N-dealkylation sites (N-methyl/N-ethyl adjacent to an activating group) is 1. The number of aliphatic hydroxyl groups is 1. The van der Waals surface area contributed by atoms with E-state index in [0.717, 1.165) is 38.2 Å². The molecule has 3 nitrogen and oxygen atoms in total. The van der Waals surface area contributed by atoms with E-state index >= 15 is 0 Å². The number of hydrogen-bond acceptors (Lipinski definition) is 3. The van der Waals surface area contributed by atoms with Crippen LogP contribution in [-0.4, -0.2) is 43.4 Å². The van der Waals surface area contributed by atoms with Crippen molar-refractivity contribution in [2.45, 2.75) is 18.9 Å². The molecule has 0 saturated carbocycles. The van der Waals surface area contributed by atoms with Gasteiger partial charge in [0.05, 0.1) is 6.10 Å². The van der Waals surface area contributed by atoms with Crippen LogP contribution in [0.3, 0.4) is 0 Å². The third kappa shape index (κ3) is 4.09. The van der Waals surface area contributed by atoms with E-state index in [1.54, 1.807) is 0 Å². The summed E-state index contributed by atoms with van der Waals surface area (Å²) in [5, 5.41) is 10.2. The summed E-state index contributed by atoms with van der Waals surface area (Å²) in [5.41, 5.74) is 0.997. The number of aliphatic hydroxyl groups excluding tert-OH is 1. The van der Waals surface area contributed by atoms with Crippen LogP contribution in [0.25, 0.3) is 0 Å². The maximum Gasteiger partial charge on any atom is 0.0916 e. The first-order valence-electron chi connectivity index (χ1n) is 6.75. The monoisotopic (exact) mass is 249 g/mol. The van der Waals surface area contributed by atoms with Crippen molar-refractivity contribution in [1.82, 2.24) is 4.90 Å². The SMILES string of the molecule is CN(CC1CCOCC1)C[C@@H](O)c1ccccc1. The zero-order valence-electron chi connectivity index (χ0n) is 11.1. The van der Waals surface area contributed by atoms with Gasteiger partial charge in [-0.05, 0) is 31.4 Å². The van der Waals surface area contributed by atoms with Crippen LogP contribution in [0.5, 0.6) is 0 Å². The molecule has 1 atom stereocenters. The summed E-state index contributed by atoms with van der Waals surface area (Å²) in [7, 11) is 2.08. The van der Waals surface area contributed by atoms with Gasteiger partial charge in [-0.2, -0.15) is 0 Å². The summed E-state index contributed by atoms with van der Waals surface area (Å²) in [6, 6.07) is 9.87. The van der Waals surface area contributed by atoms with Gasteiger partial charge in [0.15, 0.2) is 0 Å². The van der Waals surface area contributed by atoms with Gasteiger partial charge in [0, 0.05) is 26.3 Å². The zero-order chi connectivity index (χ0) is 12.8. The Morgan fingerprint density at radius 1 is 1.28 bits per heavy atom. The molecule has 0 aromatic heterocycles. The summed E-state index contributed by atoms with van der Waals surface area (Å²) in [6.45, 7) is 3.52. The molecule has 1 saturated heterocycles. The summed E-state index contributed by atoms with van der Waals surface area (Å²) in [4.78, 5) is 2.23. The van der Waals surface area contributed by atoms with Crippen molar-refractivity contribution < 1.29 is 9.84 Å². The molecule has 1 heterocycles. The van der Waals surface area contributed by atoms with Gasteiger partial charge in [-0.3, -0.25) is 0 Å². The van der Waals surface area contributed by atoms with E-state index in [0.29, 0.717) is 12.5 Å². The molecule has 18 heavy (non-hydrogen) atoms. The lowest BCUT2D eigenvalue weighted by Crippen LogP contribution is -2.32. The van der Waals surface area contributed by atoms with Crippen molar-refractivity contribution >= 4 is 0 Å². The predicted octanol–water partition coefficient (Wildman–Crippen LogP) is 2.08. The van der Waals surface area contributed by atoms with Crippen molar-refractivity contribution in [3.05, 3.63) is 35.9 Å². The molecule has 0 radical (unpaired) electrons. The van der Waals surface area contributed by atoms with Gasteiger partial charge in [-0.1, -0.05) is 30.3 Å². The second-order valence-electron chi connectivity index (χ2n) is 5.20. The van der Waals surface area contributed by atoms with E-state index in [1.165, 1.54) is 0 Å². The third-order valence-electron chi connectivity index (χ3n) is 3.58. The van der Waals surface area contributed by atoms with Crippen molar-refractivity contribution in [2.24, 2.45) is 5.92 Å². The van der Waals surface area contributed by atoms with Crippen molar-refractivity contribution in [1.29, 1.82) is 0 Å². The Morgan fingerprint density at radius 2 is 1.94 bits per heavy atom. The molecular weight excluding hydrogens is 226 g/mol. The molecule has 1 aliphatic heterocycles. The molecule has 0 amide bonds. The molecule has 2 rings (SSSR count). The van der Waals surface area contributed by atoms with E-state index in [9.17, 15) is 5.11 Å². The normalized spacial score (nSPS) is 19.1. The molecule has 0 bridgehead atoms. The molecule has 1 aromatic rings. The van der Waals surface area contributed by atoms with Crippen molar-refractivity contribution in [3.63, 3.8) is 0 Å².